The number of thiocarbonyl (C=S) groups is 1. The molecule has 1 aromatic carbocycles. The molecule has 0 aliphatic carbocycles. The number of ether oxygens (including phenoxy) is 1. The topological polar surface area (TPSA) is 21.3 Å². The highest BCUT2D eigenvalue weighted by molar-refractivity contribution is 7.81. The zero-order valence-electron chi connectivity index (χ0n) is 12.8. The molecule has 2 aromatic rings. The predicted molar refractivity (Wildman–Crippen MR) is 101 cm³/mol. The van der Waals surface area contributed by atoms with Crippen molar-refractivity contribution in [3.8, 4) is 5.75 Å². The third-order valence-electron chi connectivity index (χ3n) is 3.24. The van der Waals surface area contributed by atoms with Crippen LogP contribution in [-0.4, -0.2) is 11.6 Å². The molecular weight excluding hydrogens is 334 g/mol. The molecule has 0 amide bonds. The van der Waals surface area contributed by atoms with Crippen LogP contribution in [0.1, 0.15) is 24.3 Å². The number of nitrogens with one attached hydrogen (secondary N) is 1. The summed E-state index contributed by atoms with van der Waals surface area (Å²) in [7, 11) is 0. The van der Waals surface area contributed by atoms with E-state index in [-0.39, 0.29) is 0 Å². The van der Waals surface area contributed by atoms with Gasteiger partial charge in [0.25, 0.3) is 0 Å². The molecule has 0 bridgehead atoms. The van der Waals surface area contributed by atoms with Gasteiger partial charge in [0.05, 0.1) is 5.02 Å². The molecule has 0 spiro atoms. The van der Waals surface area contributed by atoms with Crippen LogP contribution in [0.3, 0.4) is 0 Å². The van der Waals surface area contributed by atoms with Crippen molar-refractivity contribution < 1.29 is 4.74 Å². The van der Waals surface area contributed by atoms with Gasteiger partial charge in [-0.3, -0.25) is 0 Å². The molecular formula is C17H18ClNOS2. The van der Waals surface area contributed by atoms with Crippen molar-refractivity contribution in [2.24, 2.45) is 0 Å². The van der Waals surface area contributed by atoms with E-state index in [1.165, 1.54) is 4.88 Å². The maximum absolute atomic E-state index is 6.18. The van der Waals surface area contributed by atoms with E-state index in [1.807, 2.05) is 49.6 Å². The van der Waals surface area contributed by atoms with Crippen LogP contribution in [0, 0.1) is 6.92 Å². The first-order chi connectivity index (χ1) is 10.5. The van der Waals surface area contributed by atoms with Gasteiger partial charge in [0.15, 0.2) is 0 Å². The number of rotatable bonds is 5. The second-order valence-corrected chi connectivity index (χ2v) is 6.85. The number of hydrogen-bond donors (Lipinski definition) is 1. The van der Waals surface area contributed by atoms with Crippen LogP contribution in [-0.2, 0) is 0 Å². The van der Waals surface area contributed by atoms with Crippen LogP contribution in [0.5, 0.6) is 5.75 Å². The number of aryl methyl sites for hydroxylation is 1. The van der Waals surface area contributed by atoms with Crippen molar-refractivity contribution in [1.82, 2.24) is 0 Å². The van der Waals surface area contributed by atoms with E-state index in [9.17, 15) is 0 Å². The minimum atomic E-state index is 0.522. The third-order valence-corrected chi connectivity index (χ3v) is 4.72. The lowest BCUT2D eigenvalue weighted by Gasteiger charge is -2.12. The molecule has 2 rings (SSSR count). The van der Waals surface area contributed by atoms with Gasteiger partial charge in [0, 0.05) is 22.2 Å². The number of anilines is 1. The molecule has 2 nitrogen and oxygen atoms in total. The predicted octanol–water partition coefficient (Wildman–Crippen LogP) is 5.84. The molecule has 1 aromatic heterocycles. The Labute approximate surface area is 145 Å². The van der Waals surface area contributed by atoms with E-state index in [0.717, 1.165) is 16.8 Å². The smallest absolute Gasteiger partial charge is 0.140 e. The molecule has 0 atom stereocenters. The number of benzene rings is 1. The van der Waals surface area contributed by atoms with Crippen LogP contribution in [0.15, 0.2) is 41.3 Å². The molecule has 0 saturated heterocycles. The largest absolute Gasteiger partial charge is 0.488 e. The maximum atomic E-state index is 6.18. The SMILES string of the molecule is C/C=C(\C)COc1cc(NC(=S)c2ccsc2C)ccc1Cl. The summed E-state index contributed by atoms with van der Waals surface area (Å²) < 4.78 is 5.74. The van der Waals surface area contributed by atoms with Gasteiger partial charge in [-0.25, -0.2) is 0 Å². The molecule has 0 fully saturated rings. The normalized spacial score (nSPS) is 11.4. The van der Waals surface area contributed by atoms with E-state index in [2.05, 4.69) is 12.2 Å². The molecule has 0 aliphatic rings. The van der Waals surface area contributed by atoms with Crippen molar-refractivity contribution in [3.05, 3.63) is 56.8 Å². The minimum absolute atomic E-state index is 0.522. The second-order valence-electron chi connectivity index (χ2n) is 4.91. The Morgan fingerprint density at radius 3 is 2.82 bits per heavy atom. The molecule has 0 saturated carbocycles. The van der Waals surface area contributed by atoms with Crippen LogP contribution in [0.25, 0.3) is 0 Å². The molecule has 116 valence electrons. The minimum Gasteiger partial charge on any atom is -0.488 e. The Hall–Kier alpha value is -1.36. The van der Waals surface area contributed by atoms with Gasteiger partial charge in [-0.2, -0.15) is 0 Å². The van der Waals surface area contributed by atoms with E-state index in [1.54, 1.807) is 11.3 Å². The summed E-state index contributed by atoms with van der Waals surface area (Å²) in [6.45, 7) is 6.59. The van der Waals surface area contributed by atoms with Gasteiger partial charge in [0.1, 0.15) is 17.3 Å². The summed E-state index contributed by atoms with van der Waals surface area (Å²) in [5.74, 6) is 0.651. The first-order valence-corrected chi connectivity index (χ1v) is 8.57. The van der Waals surface area contributed by atoms with Crippen LogP contribution < -0.4 is 10.1 Å². The number of halogens is 1. The third kappa shape index (κ3) is 4.32. The Balaban J connectivity index is 2.12. The molecule has 1 heterocycles. The lowest BCUT2D eigenvalue weighted by molar-refractivity contribution is 0.352. The summed E-state index contributed by atoms with van der Waals surface area (Å²) in [6.07, 6.45) is 2.02. The van der Waals surface area contributed by atoms with Crippen molar-refractivity contribution in [2.45, 2.75) is 20.8 Å². The second kappa shape index (κ2) is 7.77. The van der Waals surface area contributed by atoms with Crippen molar-refractivity contribution in [1.29, 1.82) is 0 Å². The Kier molecular flexibility index (Phi) is 6.00. The van der Waals surface area contributed by atoms with Crippen molar-refractivity contribution >= 4 is 45.8 Å². The monoisotopic (exact) mass is 351 g/mol. The molecule has 0 unspecified atom stereocenters. The fraction of sp³-hybridized carbons (Fsp3) is 0.235. The lowest BCUT2D eigenvalue weighted by Crippen LogP contribution is -2.10. The summed E-state index contributed by atoms with van der Waals surface area (Å²) in [5, 5.41) is 5.87. The molecule has 1 N–H and O–H groups in total. The fourth-order valence-electron chi connectivity index (χ4n) is 1.79. The molecule has 0 aliphatic heterocycles. The highest BCUT2D eigenvalue weighted by atomic mass is 35.5. The Morgan fingerprint density at radius 1 is 1.41 bits per heavy atom. The summed E-state index contributed by atoms with van der Waals surface area (Å²) >= 11 is 13.3. The van der Waals surface area contributed by atoms with Crippen molar-refractivity contribution in [2.75, 3.05) is 11.9 Å². The van der Waals surface area contributed by atoms with E-state index < -0.39 is 0 Å². The van der Waals surface area contributed by atoms with Crippen LogP contribution in [0.4, 0.5) is 5.69 Å². The quantitative estimate of drug-likeness (QED) is 0.540. The molecule has 22 heavy (non-hydrogen) atoms. The number of hydrogen-bond acceptors (Lipinski definition) is 3. The van der Waals surface area contributed by atoms with Gasteiger partial charge < -0.3 is 10.1 Å². The first-order valence-electron chi connectivity index (χ1n) is 6.91. The zero-order chi connectivity index (χ0) is 16.1. The van der Waals surface area contributed by atoms with Crippen LogP contribution >= 0.6 is 35.2 Å². The fourth-order valence-corrected chi connectivity index (χ4v) is 3.07. The average Bonchev–Trinajstić information content (AvgIpc) is 2.93. The number of thiophene rings is 1. The van der Waals surface area contributed by atoms with Crippen LogP contribution in [0.2, 0.25) is 5.02 Å². The Bertz CT molecular complexity index is 706. The summed E-state index contributed by atoms with van der Waals surface area (Å²) in [5.41, 5.74) is 3.08. The van der Waals surface area contributed by atoms with Gasteiger partial charge >= 0.3 is 0 Å². The standard InChI is InChI=1S/C17H18ClNOS2/c1-4-11(2)10-20-16-9-13(5-6-15(16)18)19-17(21)14-7-8-22-12(14)3/h4-9H,10H2,1-3H3,(H,19,21)/b11-4+. The summed E-state index contributed by atoms with van der Waals surface area (Å²) in [6, 6.07) is 7.61. The molecule has 5 heteroatoms. The van der Waals surface area contributed by atoms with Crippen molar-refractivity contribution in [3.63, 3.8) is 0 Å². The van der Waals surface area contributed by atoms with Gasteiger partial charge in [-0.05, 0) is 49.9 Å². The summed E-state index contributed by atoms with van der Waals surface area (Å²) in [4.78, 5) is 1.91. The highest BCUT2D eigenvalue weighted by Crippen LogP contribution is 2.29. The van der Waals surface area contributed by atoms with E-state index in [4.69, 9.17) is 28.6 Å². The zero-order valence-corrected chi connectivity index (χ0v) is 15.2. The van der Waals surface area contributed by atoms with E-state index in [0.29, 0.717) is 22.4 Å². The van der Waals surface area contributed by atoms with Gasteiger partial charge in [0.2, 0.25) is 0 Å². The lowest BCUT2D eigenvalue weighted by atomic mass is 10.2. The molecule has 0 radical (unpaired) electrons. The number of allylic oxidation sites excluding steroid dienone is 1. The maximum Gasteiger partial charge on any atom is 0.140 e. The first kappa shape index (κ1) is 17.0. The Morgan fingerprint density at radius 2 is 2.18 bits per heavy atom. The average molecular weight is 352 g/mol. The van der Waals surface area contributed by atoms with Gasteiger partial charge in [-0.1, -0.05) is 29.9 Å². The highest BCUT2D eigenvalue weighted by Gasteiger charge is 2.09. The van der Waals surface area contributed by atoms with E-state index >= 15 is 0 Å². The van der Waals surface area contributed by atoms with Gasteiger partial charge in [-0.15, -0.1) is 11.3 Å².